The summed E-state index contributed by atoms with van der Waals surface area (Å²) >= 11 is 5.73. The van der Waals surface area contributed by atoms with Gasteiger partial charge in [-0.15, -0.1) is 0 Å². The van der Waals surface area contributed by atoms with E-state index in [2.05, 4.69) is 5.10 Å². The number of aliphatic hydroxyl groups excluding tert-OH is 1. The summed E-state index contributed by atoms with van der Waals surface area (Å²) < 4.78 is 14.7. The van der Waals surface area contributed by atoms with Crippen molar-refractivity contribution in [3.8, 4) is 5.69 Å². The molecule has 1 N–H and O–H groups in total. The summed E-state index contributed by atoms with van der Waals surface area (Å²) in [5.74, 6) is -0.459. The van der Waals surface area contributed by atoms with Gasteiger partial charge in [0.1, 0.15) is 5.82 Å². The van der Waals surface area contributed by atoms with Crippen LogP contribution in [0.4, 0.5) is 4.39 Å². The van der Waals surface area contributed by atoms with Gasteiger partial charge in [-0.25, -0.2) is 9.07 Å². The van der Waals surface area contributed by atoms with Crippen molar-refractivity contribution >= 4 is 11.6 Å². The molecule has 0 saturated carbocycles. The molecule has 17 heavy (non-hydrogen) atoms. The smallest absolute Gasteiger partial charge is 0.141 e. The summed E-state index contributed by atoms with van der Waals surface area (Å²) in [7, 11) is 0. The van der Waals surface area contributed by atoms with Crippen LogP contribution in [-0.4, -0.2) is 14.9 Å². The Hall–Kier alpha value is -1.39. The molecule has 0 atom stereocenters. The Morgan fingerprint density at radius 3 is 2.65 bits per heavy atom. The predicted molar refractivity (Wildman–Crippen MR) is 63.9 cm³/mol. The summed E-state index contributed by atoms with van der Waals surface area (Å²) in [5.41, 5.74) is 3.04. The Kier molecular flexibility index (Phi) is 3.17. The van der Waals surface area contributed by atoms with Crippen molar-refractivity contribution in [2.75, 3.05) is 0 Å². The zero-order valence-corrected chi connectivity index (χ0v) is 10.3. The number of aliphatic hydroxyl groups is 1. The number of rotatable bonds is 2. The van der Waals surface area contributed by atoms with Gasteiger partial charge < -0.3 is 5.11 Å². The minimum atomic E-state index is -0.459. The van der Waals surface area contributed by atoms with Crippen molar-refractivity contribution < 1.29 is 9.50 Å². The first kappa shape index (κ1) is 12.1. The maximum absolute atomic E-state index is 13.1. The average Bonchev–Trinajstić information content (AvgIpc) is 2.58. The van der Waals surface area contributed by atoms with Crippen molar-refractivity contribution in [3.63, 3.8) is 0 Å². The van der Waals surface area contributed by atoms with E-state index in [4.69, 9.17) is 11.6 Å². The Morgan fingerprint density at radius 2 is 2.12 bits per heavy atom. The molecular formula is C12H12ClFN2O. The van der Waals surface area contributed by atoms with E-state index in [0.717, 1.165) is 17.0 Å². The Balaban J connectivity index is 2.57. The first-order valence-corrected chi connectivity index (χ1v) is 5.53. The standard InChI is InChI=1S/C12H12ClFN2O/c1-7-10(6-17)8(2)16(15-7)9-3-4-12(14)11(13)5-9/h3-5,17H,6H2,1-2H3. The summed E-state index contributed by atoms with van der Waals surface area (Å²) in [4.78, 5) is 0. The van der Waals surface area contributed by atoms with Crippen molar-refractivity contribution in [1.29, 1.82) is 0 Å². The van der Waals surface area contributed by atoms with Crippen LogP contribution in [0, 0.1) is 19.7 Å². The average molecular weight is 255 g/mol. The number of hydrogen-bond acceptors (Lipinski definition) is 2. The zero-order chi connectivity index (χ0) is 12.6. The molecule has 1 aromatic carbocycles. The summed E-state index contributed by atoms with van der Waals surface area (Å²) in [6.07, 6.45) is 0. The molecular weight excluding hydrogens is 243 g/mol. The SMILES string of the molecule is Cc1nn(-c2ccc(F)c(Cl)c2)c(C)c1CO. The molecule has 5 heteroatoms. The molecule has 1 aromatic heterocycles. The minimum Gasteiger partial charge on any atom is -0.392 e. The lowest BCUT2D eigenvalue weighted by molar-refractivity contribution is 0.280. The largest absolute Gasteiger partial charge is 0.392 e. The van der Waals surface area contributed by atoms with Crippen molar-refractivity contribution in [2.24, 2.45) is 0 Å². The molecule has 0 aliphatic heterocycles. The molecule has 0 aliphatic rings. The van der Waals surface area contributed by atoms with Gasteiger partial charge in [0, 0.05) is 11.3 Å². The van der Waals surface area contributed by atoms with Gasteiger partial charge in [-0.3, -0.25) is 0 Å². The molecule has 0 bridgehead atoms. The van der Waals surface area contributed by atoms with Gasteiger partial charge in [-0.05, 0) is 32.0 Å². The highest BCUT2D eigenvalue weighted by atomic mass is 35.5. The molecule has 0 aliphatic carbocycles. The third-order valence-electron chi connectivity index (χ3n) is 2.75. The van der Waals surface area contributed by atoms with E-state index >= 15 is 0 Å². The monoisotopic (exact) mass is 254 g/mol. The maximum atomic E-state index is 13.1. The summed E-state index contributed by atoms with van der Waals surface area (Å²) in [6, 6.07) is 4.41. The van der Waals surface area contributed by atoms with Gasteiger partial charge >= 0.3 is 0 Å². The number of nitrogens with zero attached hydrogens (tertiary/aromatic N) is 2. The molecule has 0 saturated heterocycles. The lowest BCUT2D eigenvalue weighted by Crippen LogP contribution is -2.00. The number of aryl methyl sites for hydroxylation is 1. The number of hydrogen-bond donors (Lipinski definition) is 1. The van der Waals surface area contributed by atoms with E-state index in [1.807, 2.05) is 13.8 Å². The molecule has 0 spiro atoms. The molecule has 90 valence electrons. The first-order chi connectivity index (χ1) is 8.04. The topological polar surface area (TPSA) is 38.0 Å². The van der Waals surface area contributed by atoms with Crippen LogP contribution in [0.5, 0.6) is 0 Å². The highest BCUT2D eigenvalue weighted by molar-refractivity contribution is 6.30. The summed E-state index contributed by atoms with van der Waals surface area (Å²) in [5, 5.41) is 13.6. The minimum absolute atomic E-state index is 0.0561. The van der Waals surface area contributed by atoms with Gasteiger partial charge in [0.15, 0.2) is 0 Å². The van der Waals surface area contributed by atoms with Gasteiger partial charge in [-0.1, -0.05) is 11.6 Å². The van der Waals surface area contributed by atoms with Crippen LogP contribution < -0.4 is 0 Å². The highest BCUT2D eigenvalue weighted by Crippen LogP contribution is 2.22. The van der Waals surface area contributed by atoms with Crippen LogP contribution in [-0.2, 0) is 6.61 Å². The van der Waals surface area contributed by atoms with E-state index in [1.165, 1.54) is 12.1 Å². The maximum Gasteiger partial charge on any atom is 0.141 e. The molecule has 3 nitrogen and oxygen atoms in total. The first-order valence-electron chi connectivity index (χ1n) is 5.16. The van der Waals surface area contributed by atoms with Crippen LogP contribution in [0.15, 0.2) is 18.2 Å². The van der Waals surface area contributed by atoms with E-state index in [1.54, 1.807) is 10.7 Å². The number of halogens is 2. The van der Waals surface area contributed by atoms with Crippen LogP contribution in [0.25, 0.3) is 5.69 Å². The lowest BCUT2D eigenvalue weighted by atomic mass is 10.2. The van der Waals surface area contributed by atoms with Crippen molar-refractivity contribution in [1.82, 2.24) is 9.78 Å². The van der Waals surface area contributed by atoms with Crippen LogP contribution in [0.2, 0.25) is 5.02 Å². The zero-order valence-electron chi connectivity index (χ0n) is 9.54. The fourth-order valence-corrected chi connectivity index (χ4v) is 1.95. The van der Waals surface area contributed by atoms with E-state index in [-0.39, 0.29) is 11.6 Å². The molecule has 1 heterocycles. The summed E-state index contributed by atoms with van der Waals surface area (Å²) in [6.45, 7) is 3.61. The number of aromatic nitrogens is 2. The third kappa shape index (κ3) is 2.06. The van der Waals surface area contributed by atoms with Crippen LogP contribution >= 0.6 is 11.6 Å². The Bertz CT molecular complexity index is 566. The molecule has 0 fully saturated rings. The lowest BCUT2D eigenvalue weighted by Gasteiger charge is -2.05. The van der Waals surface area contributed by atoms with Crippen LogP contribution in [0.1, 0.15) is 17.0 Å². The van der Waals surface area contributed by atoms with Gasteiger partial charge in [0.2, 0.25) is 0 Å². The second kappa shape index (κ2) is 4.47. The molecule has 0 radical (unpaired) electrons. The van der Waals surface area contributed by atoms with Crippen LogP contribution in [0.3, 0.4) is 0 Å². The van der Waals surface area contributed by atoms with Crippen molar-refractivity contribution in [2.45, 2.75) is 20.5 Å². The van der Waals surface area contributed by atoms with E-state index < -0.39 is 5.82 Å². The molecule has 2 aromatic rings. The van der Waals surface area contributed by atoms with Gasteiger partial charge in [0.25, 0.3) is 0 Å². The predicted octanol–water partition coefficient (Wildman–Crippen LogP) is 2.77. The Morgan fingerprint density at radius 1 is 1.41 bits per heavy atom. The molecule has 2 rings (SSSR count). The molecule has 0 amide bonds. The third-order valence-corrected chi connectivity index (χ3v) is 3.04. The number of benzene rings is 1. The fraction of sp³-hybridized carbons (Fsp3) is 0.250. The van der Waals surface area contributed by atoms with E-state index in [9.17, 15) is 9.50 Å². The quantitative estimate of drug-likeness (QED) is 0.895. The molecule has 0 unspecified atom stereocenters. The Labute approximate surface area is 103 Å². The second-order valence-corrected chi connectivity index (χ2v) is 4.22. The van der Waals surface area contributed by atoms with Gasteiger partial charge in [-0.2, -0.15) is 5.10 Å². The highest BCUT2D eigenvalue weighted by Gasteiger charge is 2.12. The fourth-order valence-electron chi connectivity index (χ4n) is 1.77. The van der Waals surface area contributed by atoms with Crippen molar-refractivity contribution in [3.05, 3.63) is 46.0 Å². The van der Waals surface area contributed by atoms with Gasteiger partial charge in [0.05, 0.1) is 23.0 Å². The second-order valence-electron chi connectivity index (χ2n) is 3.82. The normalized spacial score (nSPS) is 10.9. The van der Waals surface area contributed by atoms with E-state index in [0.29, 0.717) is 5.69 Å².